The van der Waals surface area contributed by atoms with Crippen LogP contribution in [0.2, 0.25) is 0 Å². The molecule has 0 bridgehead atoms. The molecule has 2 aromatic heterocycles. The van der Waals surface area contributed by atoms with Crippen LogP contribution < -0.4 is 5.73 Å². The largest absolute Gasteiger partial charge is 0.360 e. The zero-order valence-corrected chi connectivity index (χ0v) is 11.3. The van der Waals surface area contributed by atoms with Crippen LogP contribution in [0, 0.1) is 0 Å². The zero-order valence-electron chi connectivity index (χ0n) is 10.5. The lowest BCUT2D eigenvalue weighted by Crippen LogP contribution is -2.24. The standard InChI is InChI=1S/C15H15N3S/c16-15(5-6-15)7-14-18-13(9-19-14)11-8-17-12-4-2-1-3-10(11)12/h1-4,8-9,17H,5-7,16H2. The highest BCUT2D eigenvalue weighted by Gasteiger charge is 2.38. The second-order valence-corrected chi connectivity index (χ2v) is 6.36. The molecule has 1 aromatic carbocycles. The Morgan fingerprint density at radius 2 is 2.16 bits per heavy atom. The van der Waals surface area contributed by atoms with Crippen molar-refractivity contribution in [3.63, 3.8) is 0 Å². The maximum Gasteiger partial charge on any atom is 0.0950 e. The zero-order chi connectivity index (χ0) is 12.9. The Balaban J connectivity index is 1.72. The van der Waals surface area contributed by atoms with E-state index in [-0.39, 0.29) is 5.54 Å². The number of aromatic amines is 1. The molecule has 0 spiro atoms. The van der Waals surface area contributed by atoms with Crippen molar-refractivity contribution in [3.8, 4) is 11.3 Å². The Morgan fingerprint density at radius 3 is 3.00 bits per heavy atom. The fourth-order valence-electron chi connectivity index (χ4n) is 2.44. The molecule has 0 radical (unpaired) electrons. The fourth-order valence-corrected chi connectivity index (χ4v) is 3.39. The lowest BCUT2D eigenvalue weighted by atomic mass is 10.1. The highest BCUT2D eigenvalue weighted by Crippen LogP contribution is 2.37. The Labute approximate surface area is 115 Å². The van der Waals surface area contributed by atoms with E-state index in [1.54, 1.807) is 11.3 Å². The SMILES string of the molecule is NC1(Cc2nc(-c3c[nH]c4ccccc34)cs2)CC1. The number of fused-ring (bicyclic) bond motifs is 1. The summed E-state index contributed by atoms with van der Waals surface area (Å²) in [4.78, 5) is 8.04. The smallest absolute Gasteiger partial charge is 0.0950 e. The lowest BCUT2D eigenvalue weighted by molar-refractivity contribution is 0.669. The normalized spacial score (nSPS) is 16.9. The number of nitrogens with two attached hydrogens (primary N) is 1. The summed E-state index contributed by atoms with van der Waals surface area (Å²) in [5.74, 6) is 0. The van der Waals surface area contributed by atoms with Gasteiger partial charge in [-0.25, -0.2) is 4.98 Å². The fraction of sp³-hybridized carbons (Fsp3) is 0.267. The van der Waals surface area contributed by atoms with Crippen molar-refractivity contribution >= 4 is 22.2 Å². The molecule has 2 heterocycles. The highest BCUT2D eigenvalue weighted by atomic mass is 32.1. The van der Waals surface area contributed by atoms with E-state index in [0.29, 0.717) is 0 Å². The molecule has 1 aliphatic carbocycles. The molecule has 1 aliphatic rings. The molecule has 1 fully saturated rings. The highest BCUT2D eigenvalue weighted by molar-refractivity contribution is 7.10. The molecule has 4 heteroatoms. The van der Waals surface area contributed by atoms with Gasteiger partial charge in [-0.2, -0.15) is 0 Å². The minimum absolute atomic E-state index is 0.0370. The molecule has 1 saturated carbocycles. The van der Waals surface area contributed by atoms with Crippen molar-refractivity contribution < 1.29 is 0 Å². The van der Waals surface area contributed by atoms with Gasteiger partial charge >= 0.3 is 0 Å². The van der Waals surface area contributed by atoms with Crippen LogP contribution in [0.3, 0.4) is 0 Å². The maximum atomic E-state index is 6.16. The van der Waals surface area contributed by atoms with Gasteiger partial charge in [0.2, 0.25) is 0 Å². The maximum absolute atomic E-state index is 6.16. The first kappa shape index (κ1) is 11.2. The average molecular weight is 269 g/mol. The van der Waals surface area contributed by atoms with Crippen LogP contribution in [0.4, 0.5) is 0 Å². The van der Waals surface area contributed by atoms with Gasteiger partial charge in [0.25, 0.3) is 0 Å². The van der Waals surface area contributed by atoms with Crippen molar-refractivity contribution in [1.29, 1.82) is 0 Å². The van der Waals surface area contributed by atoms with Crippen LogP contribution >= 0.6 is 11.3 Å². The number of para-hydroxylation sites is 1. The predicted molar refractivity (Wildman–Crippen MR) is 79.3 cm³/mol. The topological polar surface area (TPSA) is 54.7 Å². The Kier molecular flexibility index (Phi) is 2.31. The summed E-state index contributed by atoms with van der Waals surface area (Å²) in [6.07, 6.45) is 5.23. The van der Waals surface area contributed by atoms with Gasteiger partial charge in [-0.3, -0.25) is 0 Å². The van der Waals surface area contributed by atoms with Gasteiger partial charge in [0, 0.05) is 40.0 Å². The molecule has 3 N–H and O–H groups in total. The van der Waals surface area contributed by atoms with Gasteiger partial charge in [0.15, 0.2) is 0 Å². The lowest BCUT2D eigenvalue weighted by Gasteiger charge is -2.03. The van der Waals surface area contributed by atoms with Crippen LogP contribution in [-0.2, 0) is 6.42 Å². The minimum atomic E-state index is 0.0370. The third-order valence-corrected chi connectivity index (χ3v) is 4.66. The van der Waals surface area contributed by atoms with E-state index in [9.17, 15) is 0 Å². The summed E-state index contributed by atoms with van der Waals surface area (Å²) in [5, 5.41) is 4.52. The van der Waals surface area contributed by atoms with Crippen LogP contribution in [-0.4, -0.2) is 15.5 Å². The van der Waals surface area contributed by atoms with Gasteiger partial charge < -0.3 is 10.7 Å². The summed E-state index contributed by atoms with van der Waals surface area (Å²) in [5.41, 5.74) is 9.59. The second kappa shape index (κ2) is 3.92. The van der Waals surface area contributed by atoms with Gasteiger partial charge in [-0.15, -0.1) is 11.3 Å². The number of rotatable bonds is 3. The van der Waals surface area contributed by atoms with E-state index in [0.717, 1.165) is 35.5 Å². The third kappa shape index (κ3) is 1.97. The number of benzene rings is 1. The molecule has 4 rings (SSSR count). The molecular weight excluding hydrogens is 254 g/mol. The summed E-state index contributed by atoms with van der Waals surface area (Å²) in [6, 6.07) is 8.32. The van der Waals surface area contributed by atoms with Gasteiger partial charge in [-0.05, 0) is 18.9 Å². The first-order valence-electron chi connectivity index (χ1n) is 6.53. The van der Waals surface area contributed by atoms with Crippen molar-refractivity contribution in [2.24, 2.45) is 5.73 Å². The molecule has 0 aliphatic heterocycles. The first-order valence-corrected chi connectivity index (χ1v) is 7.41. The molecular formula is C15H15N3S. The number of hydrogen-bond donors (Lipinski definition) is 2. The number of nitrogens with one attached hydrogen (secondary N) is 1. The van der Waals surface area contributed by atoms with E-state index in [1.807, 2.05) is 12.3 Å². The molecule has 0 atom stereocenters. The second-order valence-electron chi connectivity index (χ2n) is 5.41. The summed E-state index contributed by atoms with van der Waals surface area (Å²) in [6.45, 7) is 0. The molecule has 3 aromatic rings. The molecule has 3 nitrogen and oxygen atoms in total. The molecule has 0 unspecified atom stereocenters. The monoisotopic (exact) mass is 269 g/mol. The molecule has 0 saturated heterocycles. The number of hydrogen-bond acceptors (Lipinski definition) is 3. The third-order valence-electron chi connectivity index (χ3n) is 3.81. The van der Waals surface area contributed by atoms with E-state index < -0.39 is 0 Å². The molecule has 0 amide bonds. The molecule has 96 valence electrons. The van der Waals surface area contributed by atoms with Crippen molar-refractivity contribution in [3.05, 3.63) is 40.8 Å². The van der Waals surface area contributed by atoms with Crippen LogP contribution in [0.5, 0.6) is 0 Å². The summed E-state index contributed by atoms with van der Waals surface area (Å²) >= 11 is 1.72. The Bertz CT molecular complexity index is 737. The van der Waals surface area contributed by atoms with Gasteiger partial charge in [0.05, 0.1) is 10.7 Å². The predicted octanol–water partition coefficient (Wildman–Crippen LogP) is 3.33. The van der Waals surface area contributed by atoms with E-state index in [4.69, 9.17) is 10.7 Å². The first-order chi connectivity index (χ1) is 9.23. The van der Waals surface area contributed by atoms with E-state index in [2.05, 4.69) is 28.6 Å². The summed E-state index contributed by atoms with van der Waals surface area (Å²) in [7, 11) is 0. The van der Waals surface area contributed by atoms with Crippen LogP contribution in [0.1, 0.15) is 17.8 Å². The van der Waals surface area contributed by atoms with E-state index in [1.165, 1.54) is 10.9 Å². The molecule has 19 heavy (non-hydrogen) atoms. The quantitative estimate of drug-likeness (QED) is 0.766. The number of nitrogens with zero attached hydrogens (tertiary/aromatic N) is 1. The summed E-state index contributed by atoms with van der Waals surface area (Å²) < 4.78 is 0. The Hall–Kier alpha value is -1.65. The van der Waals surface area contributed by atoms with Gasteiger partial charge in [0.1, 0.15) is 0 Å². The number of H-pyrrole nitrogens is 1. The van der Waals surface area contributed by atoms with Crippen molar-refractivity contribution in [2.45, 2.75) is 24.8 Å². The van der Waals surface area contributed by atoms with Crippen LogP contribution in [0.15, 0.2) is 35.8 Å². The van der Waals surface area contributed by atoms with Crippen molar-refractivity contribution in [1.82, 2.24) is 9.97 Å². The minimum Gasteiger partial charge on any atom is -0.360 e. The van der Waals surface area contributed by atoms with E-state index >= 15 is 0 Å². The number of thiazole rings is 1. The van der Waals surface area contributed by atoms with Crippen LogP contribution in [0.25, 0.3) is 22.2 Å². The number of aromatic nitrogens is 2. The Morgan fingerprint density at radius 1 is 1.32 bits per heavy atom. The van der Waals surface area contributed by atoms with Crippen molar-refractivity contribution in [2.75, 3.05) is 0 Å². The van der Waals surface area contributed by atoms with Gasteiger partial charge in [-0.1, -0.05) is 18.2 Å². The average Bonchev–Trinajstić information content (AvgIpc) is 2.84.